The molecule has 0 fully saturated rings. The van der Waals surface area contributed by atoms with E-state index in [-0.39, 0.29) is 5.92 Å². The summed E-state index contributed by atoms with van der Waals surface area (Å²) in [6.07, 6.45) is 0.114. The summed E-state index contributed by atoms with van der Waals surface area (Å²) in [7, 11) is 1.58. The topological polar surface area (TPSA) is 81.5 Å². The Morgan fingerprint density at radius 1 is 1.25 bits per heavy atom. The molecule has 0 aliphatic rings. The predicted octanol–water partition coefficient (Wildman–Crippen LogP) is 1.42. The van der Waals surface area contributed by atoms with E-state index in [4.69, 9.17) is 16.2 Å². The zero-order valence-corrected chi connectivity index (χ0v) is 10.0. The van der Waals surface area contributed by atoms with Gasteiger partial charge in [-0.3, -0.25) is 0 Å². The van der Waals surface area contributed by atoms with Crippen LogP contribution in [-0.2, 0) is 6.42 Å². The van der Waals surface area contributed by atoms with E-state index in [1.165, 1.54) is 0 Å². The van der Waals surface area contributed by atoms with Crippen molar-refractivity contribution in [1.29, 1.82) is 0 Å². The van der Waals surface area contributed by atoms with E-state index in [2.05, 4.69) is 0 Å². The van der Waals surface area contributed by atoms with E-state index < -0.39 is 6.10 Å². The number of rotatable bonds is 4. The van der Waals surface area contributed by atoms with Gasteiger partial charge >= 0.3 is 0 Å². The number of hydrogen-bond donors (Lipinski definition) is 3. The van der Waals surface area contributed by atoms with E-state index in [0.29, 0.717) is 23.5 Å². The minimum Gasteiger partial charge on any atom is -0.496 e. The van der Waals surface area contributed by atoms with Crippen LogP contribution < -0.4 is 16.2 Å². The number of hydrogen-bond acceptors (Lipinski definition) is 4. The van der Waals surface area contributed by atoms with Gasteiger partial charge in [0.05, 0.1) is 24.6 Å². The molecule has 90 valence electrons. The Labute approximate surface area is 96.2 Å². The van der Waals surface area contributed by atoms with Crippen LogP contribution in [0.1, 0.15) is 19.4 Å². The van der Waals surface area contributed by atoms with Gasteiger partial charge in [-0.2, -0.15) is 0 Å². The molecular weight excluding hydrogens is 204 g/mol. The summed E-state index contributed by atoms with van der Waals surface area (Å²) < 4.78 is 5.22. The number of methoxy groups -OCH3 is 1. The summed E-state index contributed by atoms with van der Waals surface area (Å²) in [5, 5.41) is 9.83. The summed E-state index contributed by atoms with van der Waals surface area (Å²) in [4.78, 5) is 0. The van der Waals surface area contributed by atoms with Crippen LogP contribution in [0.2, 0.25) is 0 Å². The number of nitrogens with two attached hydrogens (primary N) is 2. The van der Waals surface area contributed by atoms with Gasteiger partial charge < -0.3 is 21.3 Å². The zero-order valence-electron chi connectivity index (χ0n) is 10.0. The van der Waals surface area contributed by atoms with Crippen molar-refractivity contribution in [2.75, 3.05) is 18.6 Å². The van der Waals surface area contributed by atoms with E-state index in [9.17, 15) is 5.11 Å². The van der Waals surface area contributed by atoms with Gasteiger partial charge in [-0.25, -0.2) is 0 Å². The third-order valence-electron chi connectivity index (χ3n) is 2.68. The molecular formula is C12H20N2O2. The number of ether oxygens (including phenoxy) is 1. The maximum absolute atomic E-state index is 9.83. The lowest BCUT2D eigenvalue weighted by Gasteiger charge is -2.17. The highest BCUT2D eigenvalue weighted by atomic mass is 16.5. The second kappa shape index (κ2) is 5.07. The molecule has 1 aromatic rings. The lowest BCUT2D eigenvalue weighted by atomic mass is 9.98. The first kappa shape index (κ1) is 12.6. The first-order chi connectivity index (χ1) is 7.45. The van der Waals surface area contributed by atoms with Gasteiger partial charge in [0, 0.05) is 12.5 Å². The second-order valence-corrected chi connectivity index (χ2v) is 4.31. The summed E-state index contributed by atoms with van der Waals surface area (Å²) in [6, 6.07) is 3.46. The average Bonchev–Trinajstić information content (AvgIpc) is 2.22. The molecule has 0 amide bonds. The third-order valence-corrected chi connectivity index (χ3v) is 2.68. The van der Waals surface area contributed by atoms with Gasteiger partial charge in [-0.15, -0.1) is 0 Å². The molecule has 1 unspecified atom stereocenters. The molecule has 0 radical (unpaired) electrons. The number of benzene rings is 1. The molecule has 4 nitrogen and oxygen atoms in total. The van der Waals surface area contributed by atoms with Crippen molar-refractivity contribution < 1.29 is 9.84 Å². The predicted molar refractivity (Wildman–Crippen MR) is 66.4 cm³/mol. The van der Waals surface area contributed by atoms with Crippen molar-refractivity contribution in [1.82, 2.24) is 0 Å². The standard InChI is InChI=1S/C12H20N2O2/c1-7(2)11(15)5-8-4-9(13)10(14)6-12(8)16-3/h4,6-7,11,15H,5,13-14H2,1-3H3. The van der Waals surface area contributed by atoms with Crippen LogP contribution in [0.5, 0.6) is 5.75 Å². The maximum Gasteiger partial charge on any atom is 0.124 e. The van der Waals surface area contributed by atoms with Crippen molar-refractivity contribution in [3.8, 4) is 5.75 Å². The van der Waals surface area contributed by atoms with E-state index in [1.54, 1.807) is 19.2 Å². The van der Waals surface area contributed by atoms with Crippen LogP contribution in [0, 0.1) is 5.92 Å². The Balaban J connectivity index is 2.98. The van der Waals surface area contributed by atoms with Gasteiger partial charge in [0.25, 0.3) is 0 Å². The molecule has 16 heavy (non-hydrogen) atoms. The average molecular weight is 224 g/mol. The summed E-state index contributed by atoms with van der Waals surface area (Å²) in [5.41, 5.74) is 13.3. The Bertz CT molecular complexity index is 364. The van der Waals surface area contributed by atoms with Crippen molar-refractivity contribution in [3.05, 3.63) is 17.7 Å². The Morgan fingerprint density at radius 2 is 1.81 bits per heavy atom. The summed E-state index contributed by atoms with van der Waals surface area (Å²) in [5.74, 6) is 0.870. The quantitative estimate of drug-likeness (QED) is 0.675. The smallest absolute Gasteiger partial charge is 0.124 e. The fourth-order valence-electron chi connectivity index (χ4n) is 1.47. The molecule has 0 saturated heterocycles. The molecule has 0 heterocycles. The lowest BCUT2D eigenvalue weighted by molar-refractivity contribution is 0.125. The molecule has 5 N–H and O–H groups in total. The fraction of sp³-hybridized carbons (Fsp3) is 0.500. The van der Waals surface area contributed by atoms with Crippen LogP contribution in [-0.4, -0.2) is 18.3 Å². The Kier molecular flexibility index (Phi) is 4.01. The van der Waals surface area contributed by atoms with Crippen LogP contribution in [0.15, 0.2) is 12.1 Å². The molecule has 0 aliphatic heterocycles. The molecule has 4 heteroatoms. The number of nitrogen functional groups attached to an aromatic ring is 2. The number of aliphatic hydroxyl groups excluding tert-OH is 1. The largest absolute Gasteiger partial charge is 0.496 e. The van der Waals surface area contributed by atoms with E-state index in [0.717, 1.165) is 5.56 Å². The zero-order chi connectivity index (χ0) is 12.3. The van der Waals surface area contributed by atoms with E-state index in [1.807, 2.05) is 13.8 Å². The molecule has 1 aromatic carbocycles. The van der Waals surface area contributed by atoms with Crippen LogP contribution in [0.25, 0.3) is 0 Å². The molecule has 0 aliphatic carbocycles. The highest BCUT2D eigenvalue weighted by Crippen LogP contribution is 2.28. The Hall–Kier alpha value is -1.42. The van der Waals surface area contributed by atoms with Gasteiger partial charge in [-0.1, -0.05) is 13.8 Å². The van der Waals surface area contributed by atoms with Gasteiger partial charge in [0.1, 0.15) is 5.75 Å². The number of aliphatic hydroxyl groups is 1. The van der Waals surface area contributed by atoms with Crippen molar-refractivity contribution in [3.63, 3.8) is 0 Å². The minimum atomic E-state index is -0.406. The Morgan fingerprint density at radius 3 is 2.31 bits per heavy atom. The van der Waals surface area contributed by atoms with Crippen LogP contribution >= 0.6 is 0 Å². The van der Waals surface area contributed by atoms with Gasteiger partial charge in [-0.05, 0) is 17.5 Å². The van der Waals surface area contributed by atoms with Crippen molar-refractivity contribution >= 4 is 11.4 Å². The molecule has 1 rings (SSSR count). The maximum atomic E-state index is 9.83. The monoisotopic (exact) mass is 224 g/mol. The summed E-state index contributed by atoms with van der Waals surface area (Å²) >= 11 is 0. The number of anilines is 2. The summed E-state index contributed by atoms with van der Waals surface area (Å²) in [6.45, 7) is 3.94. The minimum absolute atomic E-state index is 0.198. The van der Waals surface area contributed by atoms with Crippen LogP contribution in [0.3, 0.4) is 0 Å². The molecule has 0 aromatic heterocycles. The molecule has 1 atom stereocenters. The molecule has 0 spiro atoms. The fourth-order valence-corrected chi connectivity index (χ4v) is 1.47. The van der Waals surface area contributed by atoms with Gasteiger partial charge in [0.15, 0.2) is 0 Å². The first-order valence-electron chi connectivity index (χ1n) is 5.35. The normalized spacial score (nSPS) is 12.8. The first-order valence-corrected chi connectivity index (χ1v) is 5.35. The van der Waals surface area contributed by atoms with Crippen molar-refractivity contribution in [2.45, 2.75) is 26.4 Å². The van der Waals surface area contributed by atoms with Crippen LogP contribution in [0.4, 0.5) is 11.4 Å². The van der Waals surface area contributed by atoms with Gasteiger partial charge in [0.2, 0.25) is 0 Å². The molecule has 0 saturated carbocycles. The van der Waals surface area contributed by atoms with E-state index >= 15 is 0 Å². The highest BCUT2D eigenvalue weighted by molar-refractivity contribution is 5.67. The lowest BCUT2D eigenvalue weighted by Crippen LogP contribution is -2.18. The second-order valence-electron chi connectivity index (χ2n) is 4.31. The molecule has 0 bridgehead atoms. The van der Waals surface area contributed by atoms with Crippen molar-refractivity contribution in [2.24, 2.45) is 5.92 Å². The highest BCUT2D eigenvalue weighted by Gasteiger charge is 2.14. The third kappa shape index (κ3) is 2.79. The SMILES string of the molecule is COc1cc(N)c(N)cc1CC(O)C(C)C.